The minimum atomic E-state index is -0.641. The third-order valence-electron chi connectivity index (χ3n) is 2.33. The second kappa shape index (κ2) is 6.27. The Balaban J connectivity index is 2.84. The van der Waals surface area contributed by atoms with Gasteiger partial charge in [-0.1, -0.05) is 18.5 Å². The van der Waals surface area contributed by atoms with Crippen LogP contribution in [0.3, 0.4) is 0 Å². The van der Waals surface area contributed by atoms with Crippen LogP contribution >= 0.6 is 11.6 Å². The van der Waals surface area contributed by atoms with Crippen LogP contribution in [0.5, 0.6) is 0 Å². The van der Waals surface area contributed by atoms with Crippen molar-refractivity contribution in [2.75, 3.05) is 6.54 Å². The summed E-state index contributed by atoms with van der Waals surface area (Å²) in [4.78, 5) is 25.3. The van der Waals surface area contributed by atoms with E-state index in [9.17, 15) is 14.9 Å². The first-order valence-corrected chi connectivity index (χ1v) is 5.67. The van der Waals surface area contributed by atoms with Crippen molar-refractivity contribution >= 4 is 23.2 Å². The summed E-state index contributed by atoms with van der Waals surface area (Å²) in [6.07, 6.45) is 1.71. The van der Waals surface area contributed by atoms with Crippen molar-refractivity contribution in [2.24, 2.45) is 5.73 Å². The Morgan fingerprint density at radius 3 is 2.94 bits per heavy atom. The molecule has 1 rings (SSSR count). The van der Waals surface area contributed by atoms with E-state index in [0.717, 1.165) is 12.3 Å². The molecule has 0 saturated heterocycles. The molecule has 8 heteroatoms. The molecule has 0 aliphatic heterocycles. The lowest BCUT2D eigenvalue weighted by Gasteiger charge is -2.10. The molecule has 0 saturated carbocycles. The SMILES string of the molecule is CCC(N)CNC(=O)c1cc([N+](=O)[O-])cnc1Cl. The normalized spacial score (nSPS) is 11.9. The molecule has 0 fully saturated rings. The van der Waals surface area contributed by atoms with E-state index in [1.807, 2.05) is 6.92 Å². The van der Waals surface area contributed by atoms with E-state index in [1.165, 1.54) is 0 Å². The summed E-state index contributed by atoms with van der Waals surface area (Å²) in [5.41, 5.74) is 5.32. The highest BCUT2D eigenvalue weighted by Crippen LogP contribution is 2.18. The fourth-order valence-electron chi connectivity index (χ4n) is 1.16. The van der Waals surface area contributed by atoms with Gasteiger partial charge in [0.05, 0.1) is 10.5 Å². The van der Waals surface area contributed by atoms with Gasteiger partial charge in [0.1, 0.15) is 11.3 Å². The quantitative estimate of drug-likeness (QED) is 0.474. The number of hydrogen-bond donors (Lipinski definition) is 2. The average Bonchev–Trinajstić information content (AvgIpc) is 2.35. The second-order valence-corrected chi connectivity index (χ2v) is 4.03. The molecule has 0 bridgehead atoms. The van der Waals surface area contributed by atoms with E-state index in [-0.39, 0.29) is 29.0 Å². The molecule has 0 spiro atoms. The zero-order valence-electron chi connectivity index (χ0n) is 9.72. The number of rotatable bonds is 5. The van der Waals surface area contributed by atoms with Gasteiger partial charge in [-0.15, -0.1) is 0 Å². The zero-order valence-corrected chi connectivity index (χ0v) is 10.5. The highest BCUT2D eigenvalue weighted by molar-refractivity contribution is 6.32. The lowest BCUT2D eigenvalue weighted by molar-refractivity contribution is -0.385. The number of nitrogens with one attached hydrogen (secondary N) is 1. The van der Waals surface area contributed by atoms with Crippen molar-refractivity contribution in [3.05, 3.63) is 33.1 Å². The number of aromatic nitrogens is 1. The van der Waals surface area contributed by atoms with Crippen LogP contribution < -0.4 is 11.1 Å². The second-order valence-electron chi connectivity index (χ2n) is 3.67. The van der Waals surface area contributed by atoms with Gasteiger partial charge >= 0.3 is 0 Å². The van der Waals surface area contributed by atoms with Gasteiger partial charge in [-0.2, -0.15) is 0 Å². The Labute approximate surface area is 108 Å². The number of halogens is 1. The number of pyridine rings is 1. The maximum Gasteiger partial charge on any atom is 0.288 e. The highest BCUT2D eigenvalue weighted by Gasteiger charge is 2.17. The van der Waals surface area contributed by atoms with Crippen LogP contribution in [-0.2, 0) is 0 Å². The molecule has 18 heavy (non-hydrogen) atoms. The number of carbonyl (C=O) groups excluding carboxylic acids is 1. The maximum absolute atomic E-state index is 11.7. The maximum atomic E-state index is 11.7. The Morgan fingerprint density at radius 1 is 1.72 bits per heavy atom. The zero-order chi connectivity index (χ0) is 13.7. The summed E-state index contributed by atoms with van der Waals surface area (Å²) in [6.45, 7) is 2.16. The standard InChI is InChI=1S/C10H13ClN4O3/c1-2-6(12)4-14-10(16)8-3-7(15(17)18)5-13-9(8)11/h3,5-6H,2,4,12H2,1H3,(H,14,16). The fraction of sp³-hybridized carbons (Fsp3) is 0.400. The van der Waals surface area contributed by atoms with Gasteiger partial charge in [-0.3, -0.25) is 14.9 Å². The summed E-state index contributed by atoms with van der Waals surface area (Å²) in [7, 11) is 0. The van der Waals surface area contributed by atoms with Gasteiger partial charge in [0, 0.05) is 18.7 Å². The van der Waals surface area contributed by atoms with Gasteiger partial charge in [-0.05, 0) is 6.42 Å². The summed E-state index contributed by atoms with van der Waals surface area (Å²) in [5, 5.41) is 13.0. The molecular weight excluding hydrogens is 260 g/mol. The molecule has 3 N–H and O–H groups in total. The molecule has 7 nitrogen and oxygen atoms in total. The van der Waals surface area contributed by atoms with Gasteiger partial charge in [0.2, 0.25) is 0 Å². The molecule has 1 amide bonds. The summed E-state index contributed by atoms with van der Waals surface area (Å²) >= 11 is 5.72. The summed E-state index contributed by atoms with van der Waals surface area (Å²) < 4.78 is 0. The van der Waals surface area contributed by atoms with Crippen molar-refractivity contribution in [3.63, 3.8) is 0 Å². The van der Waals surface area contributed by atoms with E-state index in [0.29, 0.717) is 6.42 Å². The number of nitro groups is 1. The Bertz CT molecular complexity index is 466. The van der Waals surface area contributed by atoms with Crippen molar-refractivity contribution in [3.8, 4) is 0 Å². The predicted octanol–water partition coefficient (Wildman–Crippen LogP) is 1.11. The predicted molar refractivity (Wildman–Crippen MR) is 66.5 cm³/mol. The lowest BCUT2D eigenvalue weighted by Crippen LogP contribution is -2.36. The van der Waals surface area contributed by atoms with E-state index < -0.39 is 10.8 Å². The lowest BCUT2D eigenvalue weighted by atomic mass is 10.2. The van der Waals surface area contributed by atoms with Crippen LogP contribution in [-0.4, -0.2) is 28.4 Å². The van der Waals surface area contributed by atoms with Gasteiger partial charge in [-0.25, -0.2) is 4.98 Å². The van der Waals surface area contributed by atoms with Crippen molar-refractivity contribution < 1.29 is 9.72 Å². The first-order chi connectivity index (χ1) is 8.45. The number of nitrogens with two attached hydrogens (primary N) is 1. The van der Waals surface area contributed by atoms with Crippen LogP contribution in [0, 0.1) is 10.1 Å². The van der Waals surface area contributed by atoms with Crippen molar-refractivity contribution in [1.82, 2.24) is 10.3 Å². The summed E-state index contributed by atoms with van der Waals surface area (Å²) in [6, 6.07) is 0.918. The van der Waals surface area contributed by atoms with Crippen LogP contribution in [0.25, 0.3) is 0 Å². The van der Waals surface area contributed by atoms with Gasteiger partial charge in [0.25, 0.3) is 11.6 Å². The Hall–Kier alpha value is -1.73. The smallest absolute Gasteiger partial charge is 0.288 e. The fourth-order valence-corrected chi connectivity index (χ4v) is 1.35. The van der Waals surface area contributed by atoms with E-state index in [2.05, 4.69) is 10.3 Å². The third-order valence-corrected chi connectivity index (χ3v) is 2.63. The Kier molecular flexibility index (Phi) is 4.99. The van der Waals surface area contributed by atoms with Gasteiger partial charge in [0.15, 0.2) is 0 Å². The van der Waals surface area contributed by atoms with E-state index in [1.54, 1.807) is 0 Å². The first kappa shape index (κ1) is 14.3. The topological polar surface area (TPSA) is 111 Å². The average molecular weight is 273 g/mol. The minimum Gasteiger partial charge on any atom is -0.350 e. The monoisotopic (exact) mass is 272 g/mol. The highest BCUT2D eigenvalue weighted by atomic mass is 35.5. The van der Waals surface area contributed by atoms with Crippen LogP contribution in [0.2, 0.25) is 5.15 Å². The Morgan fingerprint density at radius 2 is 2.39 bits per heavy atom. The van der Waals surface area contributed by atoms with E-state index in [4.69, 9.17) is 17.3 Å². The van der Waals surface area contributed by atoms with Crippen LogP contribution in [0.4, 0.5) is 5.69 Å². The van der Waals surface area contributed by atoms with Crippen molar-refractivity contribution in [1.29, 1.82) is 0 Å². The number of nitrogens with zero attached hydrogens (tertiary/aromatic N) is 2. The molecule has 0 aromatic carbocycles. The van der Waals surface area contributed by atoms with Gasteiger partial charge < -0.3 is 11.1 Å². The molecule has 0 aliphatic carbocycles. The van der Waals surface area contributed by atoms with Crippen LogP contribution in [0.1, 0.15) is 23.7 Å². The molecule has 1 aromatic rings. The third kappa shape index (κ3) is 3.64. The molecule has 0 aliphatic rings. The first-order valence-electron chi connectivity index (χ1n) is 5.29. The summed E-state index contributed by atoms with van der Waals surface area (Å²) in [5.74, 6) is -0.528. The number of amides is 1. The van der Waals surface area contributed by atoms with Crippen molar-refractivity contribution in [2.45, 2.75) is 19.4 Å². The number of carbonyl (C=O) groups is 1. The molecule has 1 atom stereocenters. The van der Waals surface area contributed by atoms with Crippen LogP contribution in [0.15, 0.2) is 12.3 Å². The number of hydrogen-bond acceptors (Lipinski definition) is 5. The molecule has 1 unspecified atom stereocenters. The molecular formula is C10H13ClN4O3. The molecule has 1 heterocycles. The molecule has 0 radical (unpaired) electrons. The largest absolute Gasteiger partial charge is 0.350 e. The van der Waals surface area contributed by atoms with E-state index >= 15 is 0 Å². The molecule has 1 aromatic heterocycles. The minimum absolute atomic E-state index is 0.0332. The molecule has 98 valence electrons.